The van der Waals surface area contributed by atoms with Crippen LogP contribution in [0, 0.1) is 0 Å². The fourth-order valence-corrected chi connectivity index (χ4v) is 0.304. The molecular weight excluding hydrogens is 241 g/mol. The first-order valence-corrected chi connectivity index (χ1v) is 2.83. The SMILES string of the molecule is CSNNC(N)=O.I. The summed E-state index contributed by atoms with van der Waals surface area (Å²) in [5.74, 6) is 0. The minimum Gasteiger partial charge on any atom is -0.351 e. The highest BCUT2D eigenvalue weighted by Gasteiger charge is 1.82. The Morgan fingerprint density at radius 3 is 2.38 bits per heavy atom. The van der Waals surface area contributed by atoms with Gasteiger partial charge in [-0.25, -0.2) is 4.79 Å². The van der Waals surface area contributed by atoms with Crippen molar-refractivity contribution in [3.8, 4) is 0 Å². The Balaban J connectivity index is 0. The summed E-state index contributed by atoms with van der Waals surface area (Å²) in [6, 6.07) is -0.575. The molecule has 0 aromatic heterocycles. The fraction of sp³-hybridized carbons (Fsp3) is 0.500. The molecule has 0 aliphatic heterocycles. The van der Waals surface area contributed by atoms with Gasteiger partial charge < -0.3 is 5.73 Å². The Morgan fingerprint density at radius 2 is 2.25 bits per heavy atom. The Morgan fingerprint density at radius 1 is 1.75 bits per heavy atom. The van der Waals surface area contributed by atoms with Gasteiger partial charge in [-0.2, -0.15) is 4.83 Å². The monoisotopic (exact) mass is 249 g/mol. The lowest BCUT2D eigenvalue weighted by molar-refractivity contribution is 0.248. The number of hydrogen-bond donors (Lipinski definition) is 3. The molecule has 0 radical (unpaired) electrons. The number of primary amides is 1. The number of urea groups is 1. The number of carbonyl (C=O) groups excluding carboxylic acids is 1. The molecule has 0 saturated carbocycles. The Kier molecular flexibility index (Phi) is 10.2. The van der Waals surface area contributed by atoms with Crippen molar-refractivity contribution in [2.75, 3.05) is 6.26 Å². The van der Waals surface area contributed by atoms with Gasteiger partial charge in [0.1, 0.15) is 0 Å². The molecule has 8 heavy (non-hydrogen) atoms. The van der Waals surface area contributed by atoms with Crippen LogP contribution >= 0.6 is 35.9 Å². The standard InChI is InChI=1S/C2H7N3OS.HI/c1-7-5-4-2(3)6;/h5H,1H3,(H3,3,4,6);1H. The summed E-state index contributed by atoms with van der Waals surface area (Å²) in [5.41, 5.74) is 6.80. The van der Waals surface area contributed by atoms with Crippen LogP contribution in [-0.2, 0) is 0 Å². The molecule has 50 valence electrons. The number of hydrogen-bond acceptors (Lipinski definition) is 3. The highest BCUT2D eigenvalue weighted by molar-refractivity contribution is 14.0. The Hall–Kier alpha value is 0.310. The number of carbonyl (C=O) groups is 1. The van der Waals surface area contributed by atoms with E-state index in [1.165, 1.54) is 11.9 Å². The van der Waals surface area contributed by atoms with Crippen molar-refractivity contribution in [1.82, 2.24) is 10.3 Å². The van der Waals surface area contributed by atoms with Crippen molar-refractivity contribution < 1.29 is 4.79 Å². The van der Waals surface area contributed by atoms with Gasteiger partial charge >= 0.3 is 6.03 Å². The van der Waals surface area contributed by atoms with E-state index in [0.717, 1.165) is 0 Å². The van der Waals surface area contributed by atoms with Crippen LogP contribution in [0.15, 0.2) is 0 Å². The lowest BCUT2D eigenvalue weighted by Crippen LogP contribution is -2.36. The summed E-state index contributed by atoms with van der Waals surface area (Å²) in [6.45, 7) is 0. The number of rotatable bonds is 2. The second-order valence-electron chi connectivity index (χ2n) is 0.795. The van der Waals surface area contributed by atoms with Crippen LogP contribution in [0.1, 0.15) is 0 Å². The van der Waals surface area contributed by atoms with Crippen LogP contribution in [0.5, 0.6) is 0 Å². The number of hydrazine groups is 1. The first-order valence-electron chi connectivity index (χ1n) is 1.61. The lowest BCUT2D eigenvalue weighted by Gasteiger charge is -1.95. The van der Waals surface area contributed by atoms with Crippen LogP contribution < -0.4 is 16.0 Å². The maximum Gasteiger partial charge on any atom is 0.327 e. The molecule has 0 unspecified atom stereocenters. The molecule has 0 heterocycles. The third kappa shape index (κ3) is 9.58. The molecule has 0 fully saturated rings. The molecular formula is C2H8IN3OS. The van der Waals surface area contributed by atoms with E-state index in [2.05, 4.69) is 16.0 Å². The van der Waals surface area contributed by atoms with Crippen LogP contribution in [0.4, 0.5) is 4.79 Å². The molecule has 0 bridgehead atoms. The number of halogens is 1. The topological polar surface area (TPSA) is 67.2 Å². The van der Waals surface area contributed by atoms with E-state index in [0.29, 0.717) is 0 Å². The highest BCUT2D eigenvalue weighted by Crippen LogP contribution is 1.72. The van der Waals surface area contributed by atoms with Gasteiger partial charge in [-0.3, -0.25) is 5.43 Å². The van der Waals surface area contributed by atoms with Gasteiger partial charge in [0.05, 0.1) is 0 Å². The normalized spacial score (nSPS) is 7.12. The molecule has 0 spiro atoms. The van der Waals surface area contributed by atoms with E-state index in [1.807, 2.05) is 0 Å². The third-order valence-corrected chi connectivity index (χ3v) is 0.582. The van der Waals surface area contributed by atoms with Crippen molar-refractivity contribution in [2.45, 2.75) is 0 Å². The quantitative estimate of drug-likeness (QED) is 0.368. The third-order valence-electron chi connectivity index (χ3n) is 0.276. The summed E-state index contributed by atoms with van der Waals surface area (Å²) >= 11 is 1.27. The van der Waals surface area contributed by atoms with Gasteiger partial charge in [-0.05, 0) is 6.26 Å². The van der Waals surface area contributed by atoms with Crippen molar-refractivity contribution in [2.24, 2.45) is 5.73 Å². The zero-order valence-corrected chi connectivity index (χ0v) is 7.45. The summed E-state index contributed by atoms with van der Waals surface area (Å²) in [7, 11) is 0. The van der Waals surface area contributed by atoms with Crippen LogP contribution in [-0.4, -0.2) is 12.3 Å². The van der Waals surface area contributed by atoms with E-state index in [-0.39, 0.29) is 24.0 Å². The predicted octanol–water partition coefficient (Wildman–Crippen LogP) is 0.0553. The largest absolute Gasteiger partial charge is 0.351 e. The highest BCUT2D eigenvalue weighted by atomic mass is 127. The van der Waals surface area contributed by atoms with Crippen molar-refractivity contribution in [3.05, 3.63) is 0 Å². The zero-order valence-electron chi connectivity index (χ0n) is 4.30. The van der Waals surface area contributed by atoms with Gasteiger partial charge in [-0.15, -0.1) is 24.0 Å². The van der Waals surface area contributed by atoms with Gasteiger partial charge in [0.25, 0.3) is 0 Å². The molecule has 0 aliphatic carbocycles. The molecule has 0 saturated heterocycles. The summed E-state index contributed by atoms with van der Waals surface area (Å²) in [5, 5.41) is 0. The minimum absolute atomic E-state index is 0. The van der Waals surface area contributed by atoms with Gasteiger partial charge in [-0.1, -0.05) is 11.9 Å². The van der Waals surface area contributed by atoms with Crippen LogP contribution in [0.25, 0.3) is 0 Å². The molecule has 4 nitrogen and oxygen atoms in total. The molecule has 0 atom stereocenters. The second kappa shape index (κ2) is 7.31. The van der Waals surface area contributed by atoms with Crippen molar-refractivity contribution in [3.63, 3.8) is 0 Å². The second-order valence-corrected chi connectivity index (χ2v) is 1.41. The van der Waals surface area contributed by atoms with E-state index in [9.17, 15) is 4.79 Å². The molecule has 4 N–H and O–H groups in total. The summed E-state index contributed by atoms with van der Waals surface area (Å²) in [4.78, 5) is 12.2. The van der Waals surface area contributed by atoms with Gasteiger partial charge in [0.2, 0.25) is 0 Å². The Bertz CT molecular complexity index is 70.3. The molecule has 0 aliphatic rings. The molecule has 0 aromatic carbocycles. The van der Waals surface area contributed by atoms with Gasteiger partial charge in [0, 0.05) is 0 Å². The minimum atomic E-state index is -0.575. The van der Waals surface area contributed by atoms with Gasteiger partial charge in [0.15, 0.2) is 0 Å². The zero-order chi connectivity index (χ0) is 5.70. The fourth-order valence-electron chi connectivity index (χ4n) is 0.101. The molecule has 0 aromatic rings. The molecule has 0 rings (SSSR count). The van der Waals surface area contributed by atoms with Crippen molar-refractivity contribution in [1.29, 1.82) is 0 Å². The average molecular weight is 249 g/mol. The van der Waals surface area contributed by atoms with E-state index < -0.39 is 6.03 Å². The van der Waals surface area contributed by atoms with Crippen LogP contribution in [0.3, 0.4) is 0 Å². The predicted molar refractivity (Wildman–Crippen MR) is 44.8 cm³/mol. The average Bonchev–Trinajstić information content (AvgIpc) is 1.61. The maximum atomic E-state index is 9.79. The van der Waals surface area contributed by atoms with E-state index in [4.69, 9.17) is 0 Å². The van der Waals surface area contributed by atoms with Crippen molar-refractivity contribution >= 4 is 42.0 Å². The molecule has 6 heteroatoms. The maximum absolute atomic E-state index is 9.79. The lowest BCUT2D eigenvalue weighted by atomic mass is 11.2. The van der Waals surface area contributed by atoms with E-state index in [1.54, 1.807) is 6.26 Å². The molecule has 2 amide bonds. The Labute approximate surface area is 69.1 Å². The summed E-state index contributed by atoms with van der Waals surface area (Å²) < 4.78 is 0. The van der Waals surface area contributed by atoms with E-state index >= 15 is 0 Å². The summed E-state index contributed by atoms with van der Waals surface area (Å²) in [6.07, 6.45) is 1.77. The van der Waals surface area contributed by atoms with Crippen LogP contribution in [0.2, 0.25) is 0 Å². The first-order chi connectivity index (χ1) is 3.27. The first kappa shape index (κ1) is 11.2. The number of nitrogens with one attached hydrogen (secondary N) is 2. The number of nitrogens with two attached hydrogens (primary N) is 1. The number of amides is 2. The smallest absolute Gasteiger partial charge is 0.327 e.